The summed E-state index contributed by atoms with van der Waals surface area (Å²) in [5.74, 6) is -1.97. The highest BCUT2D eigenvalue weighted by atomic mass is 79.9. The van der Waals surface area contributed by atoms with E-state index in [1.807, 2.05) is 0 Å². The Morgan fingerprint density at radius 1 is 1.41 bits per heavy atom. The van der Waals surface area contributed by atoms with E-state index in [1.165, 1.54) is 6.08 Å². The Balaban J connectivity index is 2.53. The lowest BCUT2D eigenvalue weighted by Gasteiger charge is -2.06. The summed E-state index contributed by atoms with van der Waals surface area (Å²) in [5.41, 5.74) is -0.0481. The molecular formula is C11H7BrO5. The van der Waals surface area contributed by atoms with E-state index in [1.54, 1.807) is 6.92 Å². The standard InChI is InChI=1S/C11H7BrO5/c1-2-16-11(15)5-4-17-7-3-6(12)9(13)10(14)8(5)7/h3-4H,2H2,1H3. The van der Waals surface area contributed by atoms with Crippen molar-refractivity contribution in [3.63, 3.8) is 0 Å². The van der Waals surface area contributed by atoms with Gasteiger partial charge < -0.3 is 9.15 Å². The number of allylic oxidation sites excluding steroid dienone is 1. The number of ketones is 2. The topological polar surface area (TPSA) is 73.6 Å². The van der Waals surface area contributed by atoms with E-state index >= 15 is 0 Å². The minimum absolute atomic E-state index is 0.0172. The van der Waals surface area contributed by atoms with Gasteiger partial charge in [0.1, 0.15) is 17.6 Å². The summed E-state index contributed by atoms with van der Waals surface area (Å²) in [7, 11) is 0. The predicted molar refractivity (Wildman–Crippen MR) is 60.9 cm³/mol. The predicted octanol–water partition coefficient (Wildman–Crippen LogP) is 1.96. The van der Waals surface area contributed by atoms with Gasteiger partial charge in [0.15, 0.2) is 0 Å². The molecule has 0 fully saturated rings. The van der Waals surface area contributed by atoms with Gasteiger partial charge in [-0.25, -0.2) is 4.79 Å². The third kappa shape index (κ3) is 1.84. The SMILES string of the molecule is CCOC(=O)c1coc2c1C(=O)C(=O)C(Br)=C2. The Labute approximate surface area is 105 Å². The Kier molecular flexibility index (Phi) is 2.97. The number of rotatable bonds is 2. The van der Waals surface area contributed by atoms with Crippen molar-refractivity contribution in [1.29, 1.82) is 0 Å². The number of esters is 1. The van der Waals surface area contributed by atoms with Crippen molar-refractivity contribution in [2.45, 2.75) is 6.92 Å². The molecule has 0 bridgehead atoms. The molecule has 0 unspecified atom stereocenters. The summed E-state index contributed by atoms with van der Waals surface area (Å²) < 4.78 is 9.94. The van der Waals surface area contributed by atoms with E-state index in [0.29, 0.717) is 0 Å². The van der Waals surface area contributed by atoms with E-state index in [0.717, 1.165) is 6.26 Å². The number of ether oxygens (including phenoxy) is 1. The van der Waals surface area contributed by atoms with Crippen LogP contribution in [0.5, 0.6) is 0 Å². The van der Waals surface area contributed by atoms with Gasteiger partial charge in [0, 0.05) is 0 Å². The summed E-state index contributed by atoms with van der Waals surface area (Å²) in [6.45, 7) is 1.83. The number of hydrogen-bond donors (Lipinski definition) is 0. The Hall–Kier alpha value is -1.69. The van der Waals surface area contributed by atoms with Crippen LogP contribution < -0.4 is 0 Å². The first-order valence-corrected chi connectivity index (χ1v) is 5.60. The number of halogens is 1. The number of hydrogen-bond acceptors (Lipinski definition) is 5. The highest BCUT2D eigenvalue weighted by Crippen LogP contribution is 2.29. The van der Waals surface area contributed by atoms with E-state index in [9.17, 15) is 14.4 Å². The summed E-state index contributed by atoms with van der Waals surface area (Å²) in [5, 5.41) is 0. The van der Waals surface area contributed by atoms with E-state index in [-0.39, 0.29) is 28.0 Å². The normalized spacial score (nSPS) is 14.4. The molecule has 1 aliphatic carbocycles. The Morgan fingerprint density at radius 3 is 2.76 bits per heavy atom. The fraction of sp³-hybridized carbons (Fsp3) is 0.182. The van der Waals surface area contributed by atoms with Gasteiger partial charge in [0.2, 0.25) is 11.6 Å². The molecule has 1 heterocycles. The molecular weight excluding hydrogens is 292 g/mol. The molecule has 0 atom stereocenters. The fourth-order valence-corrected chi connectivity index (χ4v) is 1.86. The van der Waals surface area contributed by atoms with E-state index < -0.39 is 17.5 Å². The highest BCUT2D eigenvalue weighted by molar-refractivity contribution is 9.12. The van der Waals surface area contributed by atoms with Crippen molar-refractivity contribution >= 4 is 39.5 Å². The molecule has 0 saturated carbocycles. The van der Waals surface area contributed by atoms with Crippen molar-refractivity contribution < 1.29 is 23.5 Å². The third-order valence-corrected chi connectivity index (χ3v) is 2.81. The van der Waals surface area contributed by atoms with E-state index in [4.69, 9.17) is 9.15 Å². The molecule has 0 amide bonds. The summed E-state index contributed by atoms with van der Waals surface area (Å²) in [6.07, 6.45) is 2.48. The largest absolute Gasteiger partial charge is 0.463 e. The van der Waals surface area contributed by atoms with Crippen LogP contribution in [0.4, 0.5) is 0 Å². The van der Waals surface area contributed by atoms with Crippen LogP contribution in [0.3, 0.4) is 0 Å². The number of fused-ring (bicyclic) bond motifs is 1. The molecule has 6 heteroatoms. The van der Waals surface area contributed by atoms with E-state index in [2.05, 4.69) is 15.9 Å². The van der Waals surface area contributed by atoms with Crippen LogP contribution in [-0.2, 0) is 9.53 Å². The molecule has 0 saturated heterocycles. The number of Topliss-reactive ketones (excluding diaryl/α,β-unsaturated/α-hetero) is 2. The van der Waals surface area contributed by atoms with Gasteiger partial charge in [-0.2, -0.15) is 0 Å². The zero-order valence-corrected chi connectivity index (χ0v) is 10.4. The third-order valence-electron chi connectivity index (χ3n) is 2.22. The van der Waals surface area contributed by atoms with Crippen molar-refractivity contribution in [3.05, 3.63) is 27.6 Å². The molecule has 0 spiro atoms. The van der Waals surface area contributed by atoms with Crippen LogP contribution >= 0.6 is 15.9 Å². The molecule has 1 aliphatic rings. The lowest BCUT2D eigenvalue weighted by Crippen LogP contribution is -2.21. The maximum absolute atomic E-state index is 11.7. The molecule has 5 nitrogen and oxygen atoms in total. The van der Waals surface area contributed by atoms with Crippen LogP contribution in [0.25, 0.3) is 6.08 Å². The van der Waals surface area contributed by atoms with Crippen LogP contribution in [0.15, 0.2) is 15.2 Å². The first-order valence-electron chi connectivity index (χ1n) is 4.81. The smallest absolute Gasteiger partial charge is 0.342 e. The van der Waals surface area contributed by atoms with Gasteiger partial charge >= 0.3 is 5.97 Å². The molecule has 1 aromatic rings. The second kappa shape index (κ2) is 4.29. The average Bonchev–Trinajstić information content (AvgIpc) is 2.70. The molecule has 0 radical (unpaired) electrons. The van der Waals surface area contributed by atoms with Crippen LogP contribution in [-0.4, -0.2) is 24.1 Å². The van der Waals surface area contributed by atoms with Crippen LogP contribution in [0, 0.1) is 0 Å². The number of carbonyl (C=O) groups excluding carboxylic acids is 3. The van der Waals surface area contributed by atoms with Gasteiger partial charge in [0.25, 0.3) is 0 Å². The summed E-state index contributed by atoms with van der Waals surface area (Å²) in [6, 6.07) is 0. The van der Waals surface area contributed by atoms with Crippen molar-refractivity contribution in [1.82, 2.24) is 0 Å². The minimum atomic E-state index is -0.772. The Morgan fingerprint density at radius 2 is 2.12 bits per heavy atom. The maximum atomic E-state index is 11.7. The van der Waals surface area contributed by atoms with Crippen molar-refractivity contribution in [3.8, 4) is 0 Å². The van der Waals surface area contributed by atoms with Crippen LogP contribution in [0.2, 0.25) is 0 Å². The average molecular weight is 299 g/mol. The zero-order chi connectivity index (χ0) is 12.6. The molecule has 17 heavy (non-hydrogen) atoms. The molecule has 88 valence electrons. The summed E-state index contributed by atoms with van der Waals surface area (Å²) in [4.78, 5) is 34.7. The second-order valence-corrected chi connectivity index (χ2v) is 4.11. The maximum Gasteiger partial charge on any atom is 0.342 e. The lowest BCUT2D eigenvalue weighted by atomic mass is 9.98. The van der Waals surface area contributed by atoms with Gasteiger partial charge in [0.05, 0.1) is 16.7 Å². The first-order chi connectivity index (χ1) is 8.06. The Bertz CT molecular complexity index is 552. The van der Waals surface area contributed by atoms with Crippen LogP contribution in [0.1, 0.15) is 33.4 Å². The fourth-order valence-electron chi connectivity index (χ4n) is 1.48. The molecule has 2 rings (SSSR count). The van der Waals surface area contributed by atoms with Crippen molar-refractivity contribution in [2.24, 2.45) is 0 Å². The quantitative estimate of drug-likeness (QED) is 0.616. The highest BCUT2D eigenvalue weighted by Gasteiger charge is 2.34. The molecule has 0 aliphatic heterocycles. The molecule has 0 aromatic carbocycles. The number of carbonyl (C=O) groups is 3. The summed E-state index contributed by atoms with van der Waals surface area (Å²) >= 11 is 2.96. The second-order valence-electron chi connectivity index (χ2n) is 3.26. The lowest BCUT2D eigenvalue weighted by molar-refractivity contribution is -0.111. The minimum Gasteiger partial charge on any atom is -0.463 e. The van der Waals surface area contributed by atoms with Gasteiger partial charge in [-0.3, -0.25) is 9.59 Å². The van der Waals surface area contributed by atoms with Gasteiger partial charge in [-0.1, -0.05) is 0 Å². The zero-order valence-electron chi connectivity index (χ0n) is 8.78. The van der Waals surface area contributed by atoms with Crippen molar-refractivity contribution in [2.75, 3.05) is 6.61 Å². The molecule has 1 aromatic heterocycles. The first kappa shape index (κ1) is 11.8. The number of furan rings is 1. The monoisotopic (exact) mass is 298 g/mol. The molecule has 0 N–H and O–H groups in total. The van der Waals surface area contributed by atoms with Gasteiger partial charge in [-0.15, -0.1) is 0 Å². The van der Waals surface area contributed by atoms with Gasteiger partial charge in [-0.05, 0) is 28.9 Å².